The van der Waals surface area contributed by atoms with Gasteiger partial charge in [-0.3, -0.25) is 24.6 Å². The Balaban J connectivity index is 1.18. The molecule has 0 radical (unpaired) electrons. The number of nitrogens with one attached hydrogen (secondary N) is 4. The molecule has 28 heteroatoms. The molecule has 4 aromatic rings. The van der Waals surface area contributed by atoms with Gasteiger partial charge in [-0.15, -0.1) is 0 Å². The summed E-state index contributed by atoms with van der Waals surface area (Å²) in [6.07, 6.45) is -15.7. The highest BCUT2D eigenvalue weighted by molar-refractivity contribution is 5.87. The number of amides is 4. The number of aromatic nitrogens is 3. The van der Waals surface area contributed by atoms with Crippen molar-refractivity contribution in [2.45, 2.75) is 115 Å². The van der Waals surface area contributed by atoms with Crippen LogP contribution in [0.3, 0.4) is 0 Å². The van der Waals surface area contributed by atoms with Crippen molar-refractivity contribution in [3.63, 3.8) is 0 Å². The number of hydrogen-bond donors (Lipinski definition) is 6. The topological polar surface area (TPSA) is 216 Å². The molecule has 3 aliphatic heterocycles. The van der Waals surface area contributed by atoms with Crippen molar-refractivity contribution in [2.24, 2.45) is 10.8 Å². The number of benzene rings is 2. The molecule has 5 heterocycles. The van der Waals surface area contributed by atoms with Gasteiger partial charge in [-0.25, -0.2) is 37.1 Å². The predicted octanol–water partition coefficient (Wildman–Crippen LogP) is 6.01. The van der Waals surface area contributed by atoms with E-state index >= 15 is 8.78 Å². The summed E-state index contributed by atoms with van der Waals surface area (Å²) in [6.45, 7) is 2.21. The van der Waals surface area contributed by atoms with Crippen LogP contribution in [0.2, 0.25) is 0 Å². The summed E-state index contributed by atoms with van der Waals surface area (Å²) in [7, 11) is 0.814. The average Bonchev–Trinajstić information content (AvgIpc) is 4.11. The van der Waals surface area contributed by atoms with Gasteiger partial charge in [0, 0.05) is 72.9 Å². The first-order chi connectivity index (χ1) is 37.4. The van der Waals surface area contributed by atoms with E-state index in [1.165, 1.54) is 35.6 Å². The Kier molecular flexibility index (Phi) is 18.3. The number of anilines is 1. The highest BCUT2D eigenvalue weighted by Crippen LogP contribution is 2.42. The van der Waals surface area contributed by atoms with Gasteiger partial charge in [0.2, 0.25) is 5.91 Å². The molecule has 0 spiro atoms. The lowest BCUT2D eigenvalue weighted by atomic mass is 9.82. The van der Waals surface area contributed by atoms with Crippen LogP contribution in [0, 0.1) is 34.3 Å². The van der Waals surface area contributed by atoms with Gasteiger partial charge in [0.25, 0.3) is 12.3 Å². The number of nitrogens with zero attached hydrogens (tertiary/aromatic N) is 6. The lowest BCUT2D eigenvalue weighted by molar-refractivity contribution is -0.221. The van der Waals surface area contributed by atoms with E-state index in [0.29, 0.717) is 74.1 Å². The highest BCUT2D eigenvalue weighted by atomic mass is 19.4. The van der Waals surface area contributed by atoms with Crippen LogP contribution in [0.1, 0.15) is 56.4 Å². The molecule has 18 nitrogen and oxygen atoms in total. The van der Waals surface area contributed by atoms with Crippen LogP contribution in [-0.2, 0) is 38.6 Å². The fourth-order valence-corrected chi connectivity index (χ4v) is 9.49. The molecule has 6 atom stereocenters. The van der Waals surface area contributed by atoms with Crippen molar-refractivity contribution in [1.29, 1.82) is 0 Å². The first kappa shape index (κ1) is 60.4. The van der Waals surface area contributed by atoms with Gasteiger partial charge in [0.15, 0.2) is 0 Å². The SMILES string of the molecule is COC(=O)N[C@H](C(=O)N[C@@H](Cc1ccc(C#Cc2ccc(N3C[C@H]4C[C@@H]3CN4C3COC3)nc2)cc1)[C@@H](O)CN(Cc1c(F)cc(-c2ccn(CC(F)F)n2)cc1F)NC(=O)[C@@H](NC(=O)O)C(C)(C)C(F)(F)F)C(C)(C)C(F)(F)F. The summed E-state index contributed by atoms with van der Waals surface area (Å²) < 4.78 is 156. The van der Waals surface area contributed by atoms with Gasteiger partial charge >= 0.3 is 24.5 Å². The third kappa shape index (κ3) is 14.0. The van der Waals surface area contributed by atoms with E-state index in [0.717, 1.165) is 56.5 Å². The zero-order valence-electron chi connectivity index (χ0n) is 43.6. The number of rotatable bonds is 20. The molecule has 0 saturated carbocycles. The lowest BCUT2D eigenvalue weighted by Crippen LogP contribution is -2.63. The number of aliphatic hydroxyl groups excluding tert-OH is 1. The van der Waals surface area contributed by atoms with E-state index in [9.17, 15) is 64.5 Å². The number of carbonyl (C=O) groups excluding carboxylic acids is 3. The number of hydrogen-bond acceptors (Lipinski definition) is 12. The second kappa shape index (κ2) is 24.2. The summed E-state index contributed by atoms with van der Waals surface area (Å²) in [5.74, 6) is 0.712. The molecular weight excluding hydrogens is 1080 g/mol. The number of methoxy groups -OCH3 is 1. The third-order valence-electron chi connectivity index (χ3n) is 14.5. The first-order valence-electron chi connectivity index (χ1n) is 24.9. The number of ether oxygens (including phenoxy) is 2. The Bertz CT molecular complexity index is 2910. The summed E-state index contributed by atoms with van der Waals surface area (Å²) in [5, 5.41) is 31.5. The maximum atomic E-state index is 16.1. The smallest absolute Gasteiger partial charge is 0.407 e. The molecule has 2 aromatic carbocycles. The zero-order chi connectivity index (χ0) is 58.6. The van der Waals surface area contributed by atoms with Crippen molar-refractivity contribution >= 4 is 29.8 Å². The Labute approximate surface area is 452 Å². The molecule has 3 fully saturated rings. The number of alkyl carbamates (subject to hydrolysis) is 1. The van der Waals surface area contributed by atoms with Gasteiger partial charge < -0.3 is 40.5 Å². The van der Waals surface area contributed by atoms with Crippen molar-refractivity contribution in [2.75, 3.05) is 44.9 Å². The quantitative estimate of drug-likeness (QED) is 0.0340. The van der Waals surface area contributed by atoms with E-state index in [2.05, 4.69) is 41.8 Å². The summed E-state index contributed by atoms with van der Waals surface area (Å²) in [4.78, 5) is 61.5. The monoisotopic (exact) mass is 1140 g/mol. The number of aliphatic hydroxyl groups is 1. The fraction of sp³-hybridized carbons (Fsp3) is 0.500. The summed E-state index contributed by atoms with van der Waals surface area (Å²) in [6, 6.07) is 6.59. The number of fused-ring (bicyclic) bond motifs is 2. The standard InChI is InChI=1S/C52H58F10N10O8/c1-49(2,51(57,58)59)43(66-48(78)79-5)45(74)64-39(16-29-9-6-28(7-10-29)8-11-30-12-13-42(63-20-30)72-22-32-19-33(72)21-71(32)34-26-80-27-34)40(73)24-70(68-46(75)44(65-47(76)77)50(3,4)52(60,61)62)23-35-36(53)17-31(18-37(35)54)38-14-15-69(67-38)25-41(55)56/h6-7,9-10,12-15,17-18,20,32-34,39-41,43-44,65,73H,16,19,21-27H2,1-5H3,(H,64,74)(H,66,78)(H,68,75)(H,76,77)/t32-,33-,39+,40+,43-,44-/m1/s1. The first-order valence-corrected chi connectivity index (χ1v) is 24.9. The number of carboxylic acid groups (broad SMARTS) is 1. The van der Waals surface area contributed by atoms with Crippen molar-refractivity contribution in [3.8, 4) is 23.1 Å². The molecule has 0 aliphatic carbocycles. The fourth-order valence-electron chi connectivity index (χ4n) is 9.49. The molecule has 7 rings (SSSR count). The lowest BCUT2D eigenvalue weighted by Gasteiger charge is -2.42. The minimum absolute atomic E-state index is 0.168. The molecule has 4 amide bonds. The molecule has 6 N–H and O–H groups in total. The van der Waals surface area contributed by atoms with Gasteiger partial charge in [-0.2, -0.15) is 31.4 Å². The number of likely N-dealkylation sites (tertiary alicyclic amines) is 1. The van der Waals surface area contributed by atoms with Crippen molar-refractivity contribution in [1.82, 2.24) is 46.0 Å². The van der Waals surface area contributed by atoms with Crippen LogP contribution in [0.25, 0.3) is 11.3 Å². The molecule has 0 unspecified atom stereocenters. The normalized spacial score (nSPS) is 18.4. The van der Waals surface area contributed by atoms with Gasteiger partial charge in [0.05, 0.1) is 55.0 Å². The van der Waals surface area contributed by atoms with E-state index in [4.69, 9.17) is 4.74 Å². The molecule has 2 bridgehead atoms. The van der Waals surface area contributed by atoms with Gasteiger partial charge in [0.1, 0.15) is 36.1 Å². The van der Waals surface area contributed by atoms with Crippen LogP contribution in [0.5, 0.6) is 0 Å². The van der Waals surface area contributed by atoms with E-state index in [1.54, 1.807) is 6.20 Å². The van der Waals surface area contributed by atoms with Gasteiger partial charge in [-0.05, 0) is 88.6 Å². The highest BCUT2D eigenvalue weighted by Gasteiger charge is 2.57. The molecule has 80 heavy (non-hydrogen) atoms. The molecule has 3 aliphatic rings. The number of alkyl halides is 8. The van der Waals surface area contributed by atoms with Gasteiger partial charge in [-0.1, -0.05) is 24.0 Å². The largest absolute Gasteiger partial charge is 0.465 e. The van der Waals surface area contributed by atoms with Crippen molar-refractivity contribution < 1.29 is 82.8 Å². The molecule has 3 saturated heterocycles. The van der Waals surface area contributed by atoms with Crippen LogP contribution in [0.4, 0.5) is 59.3 Å². The van der Waals surface area contributed by atoms with E-state index in [-0.39, 0.29) is 16.8 Å². The third-order valence-corrected chi connectivity index (χ3v) is 14.5. The molecule has 2 aromatic heterocycles. The Morgan fingerprint density at radius 2 is 1.44 bits per heavy atom. The van der Waals surface area contributed by atoms with Crippen LogP contribution in [0.15, 0.2) is 67.0 Å². The summed E-state index contributed by atoms with van der Waals surface area (Å²) >= 11 is 0. The Morgan fingerprint density at radius 1 is 0.825 bits per heavy atom. The minimum atomic E-state index is -5.28. The number of hydrazine groups is 1. The maximum Gasteiger partial charge on any atom is 0.407 e. The maximum absolute atomic E-state index is 16.1. The van der Waals surface area contributed by atoms with Crippen LogP contribution >= 0.6 is 0 Å². The van der Waals surface area contributed by atoms with Crippen LogP contribution in [-0.4, -0.2) is 160 Å². The van der Waals surface area contributed by atoms with E-state index in [1.807, 2.05) is 22.9 Å². The minimum Gasteiger partial charge on any atom is -0.465 e. The Hall–Kier alpha value is -7.22. The Morgan fingerprint density at radius 3 is 1.96 bits per heavy atom. The molecular formula is C52H58F10N10O8. The second-order valence-corrected chi connectivity index (χ2v) is 20.8. The molecule has 434 valence electrons. The second-order valence-electron chi connectivity index (χ2n) is 20.8. The number of piperazine rings is 1. The zero-order valence-corrected chi connectivity index (χ0v) is 43.6. The number of halogens is 10. The number of carbonyl (C=O) groups is 4. The predicted molar refractivity (Wildman–Crippen MR) is 265 cm³/mol. The summed E-state index contributed by atoms with van der Waals surface area (Å²) in [5.41, 5.74) is -4.35. The van der Waals surface area contributed by atoms with E-state index < -0.39 is 121 Å². The van der Waals surface area contributed by atoms with Crippen LogP contribution < -0.4 is 26.3 Å². The average molecular weight is 1140 g/mol. The van der Waals surface area contributed by atoms with Crippen molar-refractivity contribution in [3.05, 3.63) is 101 Å². The number of pyridine rings is 1.